The van der Waals surface area contributed by atoms with Crippen molar-refractivity contribution in [3.8, 4) is 0 Å². The number of carboxylic acids is 1. The number of hydrogen-bond acceptors (Lipinski definition) is 4. The summed E-state index contributed by atoms with van der Waals surface area (Å²) in [6, 6.07) is 7.16. The van der Waals surface area contributed by atoms with E-state index in [1.807, 2.05) is 0 Å². The first-order chi connectivity index (χ1) is 10.9. The van der Waals surface area contributed by atoms with E-state index in [4.69, 9.17) is 21.1 Å². The Morgan fingerprint density at radius 2 is 2.04 bits per heavy atom. The summed E-state index contributed by atoms with van der Waals surface area (Å²) >= 11 is 5.75. The summed E-state index contributed by atoms with van der Waals surface area (Å²) in [5.41, 5.74) is 0.153. The van der Waals surface area contributed by atoms with Crippen LogP contribution in [0.15, 0.2) is 41.0 Å². The molecule has 1 aromatic carbocycles. The summed E-state index contributed by atoms with van der Waals surface area (Å²) in [6.45, 7) is -0.218. The number of nitrogens with zero attached hydrogens (tertiary/aromatic N) is 1. The van der Waals surface area contributed by atoms with Crippen LogP contribution in [0.3, 0.4) is 0 Å². The van der Waals surface area contributed by atoms with Crippen LogP contribution in [0.25, 0.3) is 0 Å². The summed E-state index contributed by atoms with van der Waals surface area (Å²) < 4.78 is 4.97. The lowest BCUT2D eigenvalue weighted by atomic mass is 10.2. The fourth-order valence-corrected chi connectivity index (χ4v) is 2.04. The Balaban J connectivity index is 2.01. The van der Waals surface area contributed by atoms with Crippen molar-refractivity contribution < 1.29 is 23.9 Å². The highest BCUT2D eigenvalue weighted by atomic mass is 35.5. The number of nitrogens with one attached hydrogen (secondary N) is 1. The largest absolute Gasteiger partial charge is 0.478 e. The number of halogens is 1. The highest BCUT2D eigenvalue weighted by Crippen LogP contribution is 2.20. The average molecular weight is 337 g/mol. The summed E-state index contributed by atoms with van der Waals surface area (Å²) in [6.07, 6.45) is 1.36. The Morgan fingerprint density at radius 1 is 1.30 bits per heavy atom. The van der Waals surface area contributed by atoms with E-state index < -0.39 is 17.8 Å². The standard InChI is InChI=1S/C15H13ClN2O5/c1-18(14(20)12-3-2-6-23-12)8-13(19)17-9-4-5-11(16)10(7-9)15(21)22/h2-7H,8H2,1H3,(H,17,19)(H,21,22). The predicted octanol–water partition coefficient (Wildman–Crippen LogP) is 2.34. The second-order valence-electron chi connectivity index (χ2n) is 4.69. The first-order valence-electron chi connectivity index (χ1n) is 6.50. The van der Waals surface area contributed by atoms with E-state index >= 15 is 0 Å². The minimum Gasteiger partial charge on any atom is -0.478 e. The van der Waals surface area contributed by atoms with Gasteiger partial charge in [0.1, 0.15) is 0 Å². The second kappa shape index (κ2) is 6.97. The van der Waals surface area contributed by atoms with Crippen molar-refractivity contribution in [1.82, 2.24) is 4.90 Å². The fraction of sp³-hybridized carbons (Fsp3) is 0.133. The molecular weight excluding hydrogens is 324 g/mol. The molecule has 0 unspecified atom stereocenters. The van der Waals surface area contributed by atoms with Gasteiger partial charge in [-0.1, -0.05) is 11.6 Å². The topological polar surface area (TPSA) is 99.9 Å². The Kier molecular flexibility index (Phi) is 5.02. The van der Waals surface area contributed by atoms with Gasteiger partial charge in [-0.2, -0.15) is 0 Å². The molecule has 1 heterocycles. The molecule has 2 amide bonds. The number of hydrogen-bond donors (Lipinski definition) is 2. The number of furan rings is 1. The van der Waals surface area contributed by atoms with Crippen molar-refractivity contribution in [2.75, 3.05) is 18.9 Å². The summed E-state index contributed by atoms with van der Waals surface area (Å²) in [7, 11) is 1.45. The smallest absolute Gasteiger partial charge is 0.337 e. The van der Waals surface area contributed by atoms with E-state index in [9.17, 15) is 14.4 Å². The van der Waals surface area contributed by atoms with Crippen molar-refractivity contribution in [1.29, 1.82) is 0 Å². The van der Waals surface area contributed by atoms with Gasteiger partial charge in [-0.25, -0.2) is 4.79 Å². The first-order valence-corrected chi connectivity index (χ1v) is 6.88. The Morgan fingerprint density at radius 3 is 2.65 bits per heavy atom. The molecule has 0 radical (unpaired) electrons. The molecule has 0 atom stereocenters. The number of amides is 2. The van der Waals surface area contributed by atoms with E-state index in [2.05, 4.69) is 5.32 Å². The third-order valence-corrected chi connectivity index (χ3v) is 3.27. The van der Waals surface area contributed by atoms with Crippen LogP contribution in [0.2, 0.25) is 5.02 Å². The van der Waals surface area contributed by atoms with Gasteiger partial charge >= 0.3 is 5.97 Å². The number of likely N-dealkylation sites (N-methyl/N-ethyl adjacent to an activating group) is 1. The number of benzene rings is 1. The molecule has 120 valence electrons. The van der Waals surface area contributed by atoms with Crippen LogP contribution in [0.4, 0.5) is 5.69 Å². The minimum absolute atomic E-state index is 0.0700. The third kappa shape index (κ3) is 4.10. The molecule has 0 fully saturated rings. The van der Waals surface area contributed by atoms with Gasteiger partial charge in [0.05, 0.1) is 23.4 Å². The molecule has 0 bridgehead atoms. The van der Waals surface area contributed by atoms with Crippen LogP contribution < -0.4 is 5.32 Å². The molecule has 2 rings (SSSR count). The van der Waals surface area contributed by atoms with E-state index in [0.29, 0.717) is 0 Å². The van der Waals surface area contributed by atoms with Crippen LogP contribution in [0.1, 0.15) is 20.9 Å². The van der Waals surface area contributed by atoms with E-state index in [-0.39, 0.29) is 28.6 Å². The molecule has 0 aliphatic heterocycles. The predicted molar refractivity (Wildman–Crippen MR) is 82.7 cm³/mol. The van der Waals surface area contributed by atoms with E-state index in [1.54, 1.807) is 6.07 Å². The molecule has 0 spiro atoms. The number of carboxylic acid groups (broad SMARTS) is 1. The second-order valence-corrected chi connectivity index (χ2v) is 5.09. The summed E-state index contributed by atoms with van der Waals surface area (Å²) in [5.74, 6) is -1.99. The molecule has 0 saturated heterocycles. The number of rotatable bonds is 5. The van der Waals surface area contributed by atoms with Crippen LogP contribution in [0.5, 0.6) is 0 Å². The van der Waals surface area contributed by atoms with Gasteiger partial charge < -0.3 is 19.7 Å². The molecule has 0 saturated carbocycles. The zero-order valence-electron chi connectivity index (χ0n) is 12.1. The summed E-state index contributed by atoms with van der Waals surface area (Å²) in [4.78, 5) is 36.1. The molecule has 2 aromatic rings. The van der Waals surface area contributed by atoms with Gasteiger partial charge in [-0.3, -0.25) is 9.59 Å². The molecule has 0 aliphatic rings. The SMILES string of the molecule is CN(CC(=O)Nc1ccc(Cl)c(C(=O)O)c1)C(=O)c1ccco1. The number of carbonyl (C=O) groups excluding carboxylic acids is 2. The van der Waals surface area contributed by atoms with Crippen molar-refractivity contribution in [2.45, 2.75) is 0 Å². The van der Waals surface area contributed by atoms with Gasteiger partial charge in [-0.05, 0) is 30.3 Å². The van der Waals surface area contributed by atoms with Gasteiger partial charge in [0.25, 0.3) is 5.91 Å². The number of anilines is 1. The molecular formula is C15H13ClN2O5. The molecule has 2 N–H and O–H groups in total. The van der Waals surface area contributed by atoms with Crippen molar-refractivity contribution in [3.05, 3.63) is 52.9 Å². The molecule has 1 aromatic heterocycles. The van der Waals surface area contributed by atoms with Gasteiger partial charge in [0.15, 0.2) is 5.76 Å². The molecule has 23 heavy (non-hydrogen) atoms. The lowest BCUT2D eigenvalue weighted by molar-refractivity contribution is -0.116. The number of carbonyl (C=O) groups is 3. The van der Waals surface area contributed by atoms with Gasteiger partial charge in [-0.15, -0.1) is 0 Å². The monoisotopic (exact) mass is 336 g/mol. The van der Waals surface area contributed by atoms with Crippen molar-refractivity contribution in [3.63, 3.8) is 0 Å². The van der Waals surface area contributed by atoms with Crippen LogP contribution in [0, 0.1) is 0 Å². The zero-order valence-corrected chi connectivity index (χ0v) is 12.8. The summed E-state index contributed by atoms with van der Waals surface area (Å²) in [5, 5.41) is 11.6. The van der Waals surface area contributed by atoms with E-state index in [0.717, 1.165) is 0 Å². The average Bonchev–Trinajstić information content (AvgIpc) is 3.02. The lowest BCUT2D eigenvalue weighted by Crippen LogP contribution is -2.34. The maximum Gasteiger partial charge on any atom is 0.337 e. The number of aromatic carboxylic acids is 1. The third-order valence-electron chi connectivity index (χ3n) is 2.94. The van der Waals surface area contributed by atoms with Crippen LogP contribution in [-0.4, -0.2) is 41.4 Å². The van der Waals surface area contributed by atoms with E-state index in [1.165, 1.54) is 42.5 Å². The van der Waals surface area contributed by atoms with Gasteiger partial charge in [0.2, 0.25) is 5.91 Å². The Labute approximate surface area is 136 Å². The fourth-order valence-electron chi connectivity index (χ4n) is 1.84. The minimum atomic E-state index is -1.20. The Bertz CT molecular complexity index is 742. The van der Waals surface area contributed by atoms with Crippen molar-refractivity contribution in [2.24, 2.45) is 0 Å². The zero-order chi connectivity index (χ0) is 17.0. The molecule has 0 aliphatic carbocycles. The maximum absolute atomic E-state index is 11.9. The molecule has 7 nitrogen and oxygen atoms in total. The quantitative estimate of drug-likeness (QED) is 0.873. The lowest BCUT2D eigenvalue weighted by Gasteiger charge is -2.15. The highest BCUT2D eigenvalue weighted by Gasteiger charge is 2.17. The molecule has 8 heteroatoms. The highest BCUT2D eigenvalue weighted by molar-refractivity contribution is 6.33. The van der Waals surface area contributed by atoms with Crippen LogP contribution in [-0.2, 0) is 4.79 Å². The van der Waals surface area contributed by atoms with Crippen LogP contribution >= 0.6 is 11.6 Å². The first kappa shape index (κ1) is 16.6. The maximum atomic E-state index is 11.9. The normalized spacial score (nSPS) is 10.2. The van der Waals surface area contributed by atoms with Gasteiger partial charge in [0, 0.05) is 12.7 Å². The van der Waals surface area contributed by atoms with Crippen molar-refractivity contribution >= 4 is 35.1 Å². The Hall–Kier alpha value is -2.80.